The zero-order chi connectivity index (χ0) is 22.5. The van der Waals surface area contributed by atoms with E-state index in [9.17, 15) is 14.4 Å². The van der Waals surface area contributed by atoms with E-state index < -0.39 is 0 Å². The number of hydrogen-bond donors (Lipinski definition) is 1. The summed E-state index contributed by atoms with van der Waals surface area (Å²) >= 11 is 0.912. The molecule has 1 N–H and O–H groups in total. The normalized spacial score (nSPS) is 15.0. The molecule has 1 heterocycles. The van der Waals surface area contributed by atoms with Crippen LogP contribution in [0.4, 0.5) is 10.5 Å². The first-order valence-electron chi connectivity index (χ1n) is 9.73. The number of amides is 3. The van der Waals surface area contributed by atoms with Gasteiger partial charge in [-0.25, -0.2) is 0 Å². The lowest BCUT2D eigenvalue weighted by molar-refractivity contribution is -0.123. The Morgan fingerprint density at radius 2 is 1.84 bits per heavy atom. The fourth-order valence-corrected chi connectivity index (χ4v) is 3.91. The van der Waals surface area contributed by atoms with Crippen LogP contribution in [-0.2, 0) is 9.59 Å². The second kappa shape index (κ2) is 9.70. The molecular formula is C23H24N2O5S. The molecule has 8 heteroatoms. The van der Waals surface area contributed by atoms with Crippen LogP contribution < -0.4 is 14.8 Å². The van der Waals surface area contributed by atoms with Crippen molar-refractivity contribution in [1.82, 2.24) is 4.90 Å². The molecule has 0 atom stereocenters. The van der Waals surface area contributed by atoms with Gasteiger partial charge in [0.2, 0.25) is 0 Å². The smallest absolute Gasteiger partial charge is 0.293 e. The average molecular weight is 441 g/mol. The molecule has 1 aliphatic rings. The number of thioether (sulfide) groups is 1. The summed E-state index contributed by atoms with van der Waals surface area (Å²) in [7, 11) is 1.49. The van der Waals surface area contributed by atoms with Crippen molar-refractivity contribution in [3.63, 3.8) is 0 Å². The van der Waals surface area contributed by atoms with Crippen LogP contribution >= 0.6 is 11.8 Å². The summed E-state index contributed by atoms with van der Waals surface area (Å²) in [4.78, 5) is 38.2. The summed E-state index contributed by atoms with van der Waals surface area (Å²) in [6.07, 6.45) is 1.64. The van der Waals surface area contributed by atoms with E-state index in [0.717, 1.165) is 17.3 Å². The van der Waals surface area contributed by atoms with Gasteiger partial charge in [-0.15, -0.1) is 0 Å². The molecular weight excluding hydrogens is 416 g/mol. The van der Waals surface area contributed by atoms with Gasteiger partial charge in [0.05, 0.1) is 12.0 Å². The monoisotopic (exact) mass is 440 g/mol. The number of nitrogens with one attached hydrogen (secondary N) is 1. The fourth-order valence-electron chi connectivity index (χ4n) is 2.95. The van der Waals surface area contributed by atoms with Crippen molar-refractivity contribution >= 4 is 40.6 Å². The van der Waals surface area contributed by atoms with Gasteiger partial charge in [0.1, 0.15) is 0 Å². The van der Waals surface area contributed by atoms with E-state index in [-0.39, 0.29) is 29.7 Å². The molecule has 0 spiro atoms. The molecule has 0 saturated carbocycles. The third-order valence-corrected chi connectivity index (χ3v) is 5.40. The predicted molar refractivity (Wildman–Crippen MR) is 121 cm³/mol. The Bertz CT molecular complexity index is 1030. The number of aryl methyl sites for hydroxylation is 1. The number of carbonyl (C=O) groups excluding carboxylic acids is 3. The minimum atomic E-state index is -0.308. The Morgan fingerprint density at radius 1 is 1.13 bits per heavy atom. The summed E-state index contributed by atoms with van der Waals surface area (Å²) in [6.45, 7) is 5.38. The lowest BCUT2D eigenvalue weighted by atomic mass is 10.1. The van der Waals surface area contributed by atoms with E-state index in [1.807, 2.05) is 31.2 Å². The molecule has 7 nitrogen and oxygen atoms in total. The molecule has 2 aromatic carbocycles. The van der Waals surface area contributed by atoms with Gasteiger partial charge in [-0.1, -0.05) is 23.8 Å². The van der Waals surface area contributed by atoms with Crippen molar-refractivity contribution in [1.29, 1.82) is 0 Å². The maximum Gasteiger partial charge on any atom is 0.293 e. The lowest BCUT2D eigenvalue weighted by Gasteiger charge is -2.16. The molecule has 0 unspecified atom stereocenters. The molecule has 1 fully saturated rings. The Balaban J connectivity index is 1.67. The van der Waals surface area contributed by atoms with Crippen LogP contribution in [0.5, 0.6) is 11.5 Å². The van der Waals surface area contributed by atoms with Crippen LogP contribution in [0.1, 0.15) is 25.0 Å². The maximum absolute atomic E-state index is 12.4. The van der Waals surface area contributed by atoms with Crippen molar-refractivity contribution in [2.45, 2.75) is 26.8 Å². The topological polar surface area (TPSA) is 84.9 Å². The Kier molecular flexibility index (Phi) is 7.02. The van der Waals surface area contributed by atoms with E-state index in [2.05, 4.69) is 5.32 Å². The van der Waals surface area contributed by atoms with Crippen LogP contribution in [0.15, 0.2) is 47.4 Å². The van der Waals surface area contributed by atoms with Crippen molar-refractivity contribution in [3.05, 3.63) is 58.5 Å². The fraction of sp³-hybridized carbons (Fsp3) is 0.261. The van der Waals surface area contributed by atoms with Crippen LogP contribution in [0, 0.1) is 6.92 Å². The van der Waals surface area contributed by atoms with Gasteiger partial charge in [-0.2, -0.15) is 0 Å². The van der Waals surface area contributed by atoms with Crippen LogP contribution in [-0.4, -0.2) is 41.7 Å². The third kappa shape index (κ3) is 5.46. The SMILES string of the molecule is COc1cc(C=C2SC(=O)N(C(C)C)C2=O)ccc1OCC(=O)Nc1ccc(C)cc1. The van der Waals surface area contributed by atoms with E-state index >= 15 is 0 Å². The van der Waals surface area contributed by atoms with Gasteiger partial charge < -0.3 is 14.8 Å². The second-order valence-electron chi connectivity index (χ2n) is 7.26. The standard InChI is InChI=1S/C23H24N2O5S/c1-14(2)25-22(27)20(31-23(25)28)12-16-7-10-18(19(11-16)29-4)30-13-21(26)24-17-8-5-15(3)6-9-17/h5-12,14H,13H2,1-4H3,(H,24,26). The predicted octanol–water partition coefficient (Wildman–Crippen LogP) is 4.47. The molecule has 31 heavy (non-hydrogen) atoms. The molecule has 162 valence electrons. The average Bonchev–Trinajstić information content (AvgIpc) is 3.01. The summed E-state index contributed by atoms with van der Waals surface area (Å²) in [5, 5.41) is 2.49. The molecule has 1 aliphatic heterocycles. The van der Waals surface area contributed by atoms with Crippen LogP contribution in [0.2, 0.25) is 0 Å². The number of carbonyl (C=O) groups is 3. The third-order valence-electron chi connectivity index (χ3n) is 4.52. The largest absolute Gasteiger partial charge is 0.493 e. The number of imide groups is 1. The van der Waals surface area contributed by atoms with Gasteiger partial charge >= 0.3 is 0 Å². The highest BCUT2D eigenvalue weighted by atomic mass is 32.2. The zero-order valence-electron chi connectivity index (χ0n) is 17.8. The number of ether oxygens (including phenoxy) is 2. The van der Waals surface area contributed by atoms with Crippen LogP contribution in [0.25, 0.3) is 6.08 Å². The van der Waals surface area contributed by atoms with E-state index in [4.69, 9.17) is 9.47 Å². The molecule has 0 aromatic heterocycles. The maximum atomic E-state index is 12.4. The number of hydrogen-bond acceptors (Lipinski definition) is 6. The van der Waals surface area contributed by atoms with Gasteiger partial charge in [-0.05, 0) is 68.4 Å². The molecule has 1 saturated heterocycles. The zero-order valence-corrected chi connectivity index (χ0v) is 18.6. The van der Waals surface area contributed by atoms with Gasteiger partial charge in [0.25, 0.3) is 17.1 Å². The van der Waals surface area contributed by atoms with Crippen LogP contribution in [0.3, 0.4) is 0 Å². The first kappa shape index (κ1) is 22.4. The molecule has 3 rings (SSSR count). The molecule has 0 radical (unpaired) electrons. The van der Waals surface area contributed by atoms with Crippen molar-refractivity contribution in [2.24, 2.45) is 0 Å². The number of rotatable bonds is 7. The quantitative estimate of drug-likeness (QED) is 0.640. The summed E-state index contributed by atoms with van der Waals surface area (Å²) < 4.78 is 11.0. The van der Waals surface area contributed by atoms with Gasteiger partial charge in [0.15, 0.2) is 18.1 Å². The van der Waals surface area contributed by atoms with Crippen molar-refractivity contribution in [3.8, 4) is 11.5 Å². The molecule has 2 aromatic rings. The Hall–Kier alpha value is -3.26. The number of benzene rings is 2. The summed E-state index contributed by atoms with van der Waals surface area (Å²) in [5.74, 6) is 0.211. The first-order chi connectivity index (χ1) is 14.8. The minimum Gasteiger partial charge on any atom is -0.493 e. The first-order valence-corrected chi connectivity index (χ1v) is 10.5. The van der Waals surface area contributed by atoms with E-state index in [0.29, 0.717) is 27.7 Å². The van der Waals surface area contributed by atoms with E-state index in [1.165, 1.54) is 12.0 Å². The highest BCUT2D eigenvalue weighted by molar-refractivity contribution is 8.18. The van der Waals surface area contributed by atoms with Gasteiger partial charge in [-0.3, -0.25) is 19.3 Å². The van der Waals surface area contributed by atoms with Crippen molar-refractivity contribution in [2.75, 3.05) is 19.0 Å². The summed E-state index contributed by atoms with van der Waals surface area (Å²) in [6, 6.07) is 12.4. The number of nitrogens with zero attached hydrogens (tertiary/aromatic N) is 1. The molecule has 0 aliphatic carbocycles. The highest BCUT2D eigenvalue weighted by Gasteiger charge is 2.36. The second-order valence-corrected chi connectivity index (χ2v) is 8.25. The minimum absolute atomic E-state index is 0.184. The highest BCUT2D eigenvalue weighted by Crippen LogP contribution is 2.35. The number of methoxy groups -OCH3 is 1. The Labute approximate surface area is 185 Å². The summed E-state index contributed by atoms with van der Waals surface area (Å²) in [5.41, 5.74) is 2.48. The molecule has 0 bridgehead atoms. The van der Waals surface area contributed by atoms with Crippen molar-refractivity contribution < 1.29 is 23.9 Å². The Morgan fingerprint density at radius 3 is 2.45 bits per heavy atom. The lowest BCUT2D eigenvalue weighted by Crippen LogP contribution is -2.34. The number of anilines is 1. The van der Waals surface area contributed by atoms with Gasteiger partial charge in [0, 0.05) is 11.7 Å². The molecule has 3 amide bonds. The van der Waals surface area contributed by atoms with E-state index in [1.54, 1.807) is 38.1 Å².